The third kappa shape index (κ3) is 2.98. The smallest absolute Gasteiger partial charge is 0.250 e. The van der Waals surface area contributed by atoms with Crippen molar-refractivity contribution >= 4 is 21.4 Å². The second-order valence-corrected chi connectivity index (χ2v) is 9.04. The molecule has 5 nitrogen and oxygen atoms in total. The number of nitrogens with one attached hydrogen (secondary N) is 1. The molecule has 0 spiro atoms. The summed E-state index contributed by atoms with van der Waals surface area (Å²) in [4.78, 5) is 0. The van der Waals surface area contributed by atoms with Gasteiger partial charge in [-0.25, -0.2) is 13.1 Å². The van der Waals surface area contributed by atoms with Crippen LogP contribution >= 0.6 is 11.3 Å². The first-order valence-corrected chi connectivity index (χ1v) is 10.1. The zero-order chi connectivity index (χ0) is 15.2. The van der Waals surface area contributed by atoms with Crippen LogP contribution in [0.5, 0.6) is 0 Å². The van der Waals surface area contributed by atoms with Crippen molar-refractivity contribution in [3.05, 3.63) is 35.0 Å². The first-order valence-electron chi connectivity index (χ1n) is 7.74. The van der Waals surface area contributed by atoms with Gasteiger partial charge in [0.2, 0.25) is 10.0 Å². The Bertz CT molecular complexity index is 757. The van der Waals surface area contributed by atoms with E-state index in [-0.39, 0.29) is 0 Å². The fourth-order valence-corrected chi connectivity index (χ4v) is 4.75. The Labute approximate surface area is 134 Å². The van der Waals surface area contributed by atoms with E-state index in [0.717, 1.165) is 0 Å². The highest BCUT2D eigenvalue weighted by Crippen LogP contribution is 2.44. The third-order valence-electron chi connectivity index (χ3n) is 4.20. The van der Waals surface area contributed by atoms with Gasteiger partial charge in [0, 0.05) is 24.1 Å². The van der Waals surface area contributed by atoms with Gasteiger partial charge in [-0.3, -0.25) is 4.68 Å². The number of hydrogen-bond acceptors (Lipinski definition) is 4. The molecule has 2 heterocycles. The van der Waals surface area contributed by atoms with Gasteiger partial charge in [0.25, 0.3) is 0 Å². The third-order valence-corrected chi connectivity index (χ3v) is 7.06. The molecule has 2 fully saturated rings. The molecule has 0 unspecified atom stereocenters. The van der Waals surface area contributed by atoms with Gasteiger partial charge in [0.15, 0.2) is 0 Å². The van der Waals surface area contributed by atoms with Crippen LogP contribution in [0.25, 0.3) is 0 Å². The van der Waals surface area contributed by atoms with Gasteiger partial charge < -0.3 is 0 Å². The van der Waals surface area contributed by atoms with Crippen LogP contribution in [0.1, 0.15) is 48.9 Å². The summed E-state index contributed by atoms with van der Waals surface area (Å²) < 4.78 is 29.3. The second kappa shape index (κ2) is 5.47. The molecule has 1 N–H and O–H groups in total. The molecule has 2 aromatic rings. The van der Waals surface area contributed by atoms with Gasteiger partial charge in [0.1, 0.15) is 4.21 Å². The summed E-state index contributed by atoms with van der Waals surface area (Å²) in [5.41, 5.74) is 2.49. The molecule has 2 saturated carbocycles. The number of aromatic nitrogens is 2. The van der Waals surface area contributed by atoms with Crippen molar-refractivity contribution in [2.24, 2.45) is 0 Å². The molecular formula is C15H19N3O2S2. The van der Waals surface area contributed by atoms with Crippen molar-refractivity contribution < 1.29 is 8.42 Å². The molecule has 0 aromatic carbocycles. The van der Waals surface area contributed by atoms with Crippen molar-refractivity contribution in [1.29, 1.82) is 0 Å². The maximum absolute atomic E-state index is 12.1. The maximum Gasteiger partial charge on any atom is 0.250 e. The molecule has 2 aliphatic rings. The van der Waals surface area contributed by atoms with Crippen molar-refractivity contribution in [3.8, 4) is 0 Å². The van der Waals surface area contributed by atoms with Crippen LogP contribution in [0.4, 0.5) is 0 Å². The molecule has 118 valence electrons. The van der Waals surface area contributed by atoms with Crippen LogP contribution < -0.4 is 4.72 Å². The molecule has 2 aromatic heterocycles. The topological polar surface area (TPSA) is 64.0 Å². The van der Waals surface area contributed by atoms with E-state index in [4.69, 9.17) is 5.10 Å². The summed E-state index contributed by atoms with van der Waals surface area (Å²) >= 11 is 1.24. The molecule has 0 saturated heterocycles. The summed E-state index contributed by atoms with van der Waals surface area (Å²) in [5.74, 6) is 1.27. The molecule has 0 radical (unpaired) electrons. The van der Waals surface area contributed by atoms with Crippen molar-refractivity contribution in [2.75, 3.05) is 6.54 Å². The first kappa shape index (κ1) is 14.4. The predicted octanol–water partition coefficient (Wildman–Crippen LogP) is 2.68. The van der Waals surface area contributed by atoms with E-state index >= 15 is 0 Å². The lowest BCUT2D eigenvalue weighted by Crippen LogP contribution is -2.27. The molecule has 22 heavy (non-hydrogen) atoms. The van der Waals surface area contributed by atoms with Gasteiger partial charge >= 0.3 is 0 Å². The van der Waals surface area contributed by atoms with E-state index < -0.39 is 10.0 Å². The second-order valence-electron chi connectivity index (χ2n) is 6.10. The van der Waals surface area contributed by atoms with Crippen molar-refractivity contribution in [1.82, 2.24) is 14.5 Å². The Morgan fingerprint density at radius 1 is 1.27 bits per heavy atom. The van der Waals surface area contributed by atoms with E-state index in [1.807, 2.05) is 4.68 Å². The largest absolute Gasteiger partial charge is 0.268 e. The first-order chi connectivity index (χ1) is 10.6. The van der Waals surface area contributed by atoms with Gasteiger partial charge in [-0.2, -0.15) is 5.10 Å². The lowest BCUT2D eigenvalue weighted by Gasteiger charge is -2.08. The van der Waals surface area contributed by atoms with Crippen LogP contribution in [0.2, 0.25) is 0 Å². The highest BCUT2D eigenvalue weighted by molar-refractivity contribution is 7.91. The van der Waals surface area contributed by atoms with E-state index in [9.17, 15) is 8.42 Å². The van der Waals surface area contributed by atoms with Crippen molar-refractivity contribution in [2.45, 2.75) is 48.3 Å². The van der Waals surface area contributed by atoms with E-state index in [1.165, 1.54) is 48.4 Å². The summed E-state index contributed by atoms with van der Waals surface area (Å²) in [6.07, 6.45) is 4.95. The Kier molecular flexibility index (Phi) is 3.58. The zero-order valence-corrected chi connectivity index (χ0v) is 13.9. The number of nitrogens with zero attached hydrogens (tertiary/aromatic N) is 2. The van der Waals surface area contributed by atoms with E-state index in [0.29, 0.717) is 29.1 Å². The van der Waals surface area contributed by atoms with Crippen LogP contribution in [-0.2, 0) is 16.6 Å². The van der Waals surface area contributed by atoms with Gasteiger partial charge in [0.05, 0.1) is 12.2 Å². The highest BCUT2D eigenvalue weighted by atomic mass is 32.2. The Balaban J connectivity index is 1.43. The van der Waals surface area contributed by atoms with Gasteiger partial charge in [-0.15, -0.1) is 11.3 Å². The van der Waals surface area contributed by atoms with Crippen LogP contribution in [0.15, 0.2) is 27.8 Å². The Morgan fingerprint density at radius 2 is 2.05 bits per heavy atom. The average molecular weight is 337 g/mol. The zero-order valence-electron chi connectivity index (χ0n) is 12.2. The Hall–Kier alpha value is -1.18. The van der Waals surface area contributed by atoms with Gasteiger partial charge in [-0.05, 0) is 43.2 Å². The summed E-state index contributed by atoms with van der Waals surface area (Å²) in [6.45, 7) is 0.981. The normalized spacial score (nSPS) is 18.7. The molecule has 2 aliphatic carbocycles. The number of sulfonamides is 1. The fraction of sp³-hybridized carbons (Fsp3) is 0.533. The molecule has 7 heteroatoms. The van der Waals surface area contributed by atoms with E-state index in [2.05, 4.69) is 10.8 Å². The monoisotopic (exact) mass is 337 g/mol. The molecule has 0 atom stereocenters. The lowest BCUT2D eigenvalue weighted by molar-refractivity contribution is 0.549. The SMILES string of the molecule is O=S(=O)(NCCn1nc(C2CC2)cc1C1CC1)c1cccs1. The number of hydrogen-bond donors (Lipinski definition) is 1. The predicted molar refractivity (Wildman–Crippen MR) is 85.7 cm³/mol. The minimum absolute atomic E-state index is 0.369. The van der Waals surface area contributed by atoms with Crippen LogP contribution in [0, 0.1) is 0 Å². The minimum atomic E-state index is -3.37. The quantitative estimate of drug-likeness (QED) is 0.845. The fourth-order valence-electron chi connectivity index (χ4n) is 2.69. The molecular weight excluding hydrogens is 318 g/mol. The molecule has 0 amide bonds. The maximum atomic E-state index is 12.1. The highest BCUT2D eigenvalue weighted by Gasteiger charge is 2.32. The van der Waals surface area contributed by atoms with Crippen LogP contribution in [-0.4, -0.2) is 24.7 Å². The standard InChI is InChI=1S/C15H19N3O2S2/c19-22(20,15-2-1-9-21-15)16-7-8-18-14(12-5-6-12)10-13(17-18)11-3-4-11/h1-2,9-12,16H,3-8H2. The summed E-state index contributed by atoms with van der Waals surface area (Å²) in [7, 11) is -3.37. The lowest BCUT2D eigenvalue weighted by atomic mass is 10.2. The molecule has 0 bridgehead atoms. The number of rotatable bonds is 7. The average Bonchev–Trinajstić information content (AvgIpc) is 3.42. The van der Waals surface area contributed by atoms with Crippen LogP contribution in [0.3, 0.4) is 0 Å². The summed E-state index contributed by atoms with van der Waals surface area (Å²) in [5, 5.41) is 6.47. The minimum Gasteiger partial charge on any atom is -0.268 e. The molecule has 4 rings (SSSR count). The van der Waals surface area contributed by atoms with Gasteiger partial charge in [-0.1, -0.05) is 6.07 Å². The summed E-state index contributed by atoms with van der Waals surface area (Å²) in [6, 6.07) is 5.62. The Morgan fingerprint density at radius 3 is 2.68 bits per heavy atom. The van der Waals surface area contributed by atoms with E-state index in [1.54, 1.807) is 17.5 Å². The van der Waals surface area contributed by atoms with Crippen molar-refractivity contribution in [3.63, 3.8) is 0 Å². The molecule has 0 aliphatic heterocycles. The number of thiophene rings is 1.